The number of nitrogens with zero attached hydrogens (tertiary/aromatic N) is 1. The largest absolute Gasteiger partial charge is 0.353 e. The highest BCUT2D eigenvalue weighted by molar-refractivity contribution is 5.79. The van der Waals surface area contributed by atoms with Gasteiger partial charge in [0.05, 0.1) is 0 Å². The van der Waals surface area contributed by atoms with Crippen molar-refractivity contribution < 1.29 is 9.59 Å². The minimum Gasteiger partial charge on any atom is -0.353 e. The lowest BCUT2D eigenvalue weighted by Gasteiger charge is -2.39. The van der Waals surface area contributed by atoms with Gasteiger partial charge in [-0.15, -0.1) is 0 Å². The molecule has 0 atom stereocenters. The molecule has 2 rings (SSSR count). The molecule has 4 heteroatoms. The molecule has 0 aromatic carbocycles. The number of hydrogen-bond donors (Lipinski definition) is 1. The lowest BCUT2D eigenvalue weighted by molar-refractivity contribution is -0.134. The van der Waals surface area contributed by atoms with Gasteiger partial charge in [0.25, 0.3) is 0 Å². The second-order valence-corrected chi connectivity index (χ2v) is 8.18. The summed E-state index contributed by atoms with van der Waals surface area (Å²) in [6, 6.07) is 0.359. The van der Waals surface area contributed by atoms with Crippen molar-refractivity contribution in [2.75, 3.05) is 13.1 Å². The van der Waals surface area contributed by atoms with Crippen LogP contribution in [0.1, 0.15) is 72.6 Å². The molecule has 0 unspecified atom stereocenters. The van der Waals surface area contributed by atoms with Crippen molar-refractivity contribution in [3.8, 4) is 0 Å². The Bertz CT molecular complexity index is 417. The Morgan fingerprint density at radius 2 is 1.61 bits per heavy atom. The Hall–Kier alpha value is -1.06. The van der Waals surface area contributed by atoms with E-state index in [-0.39, 0.29) is 17.7 Å². The van der Waals surface area contributed by atoms with Crippen LogP contribution in [0.2, 0.25) is 0 Å². The second-order valence-electron chi connectivity index (χ2n) is 8.18. The lowest BCUT2D eigenvalue weighted by Crippen LogP contribution is -2.46. The number of carbonyl (C=O) groups excluding carboxylic acids is 2. The van der Waals surface area contributed by atoms with E-state index in [2.05, 4.69) is 26.1 Å². The first-order chi connectivity index (χ1) is 10.8. The Morgan fingerprint density at radius 3 is 2.09 bits per heavy atom. The van der Waals surface area contributed by atoms with Crippen LogP contribution in [-0.2, 0) is 9.59 Å². The van der Waals surface area contributed by atoms with E-state index < -0.39 is 0 Å². The first kappa shape index (κ1) is 18.3. The van der Waals surface area contributed by atoms with Gasteiger partial charge in [0, 0.05) is 32.0 Å². The van der Waals surface area contributed by atoms with Gasteiger partial charge in [-0.3, -0.25) is 9.59 Å². The zero-order valence-corrected chi connectivity index (χ0v) is 15.4. The van der Waals surface area contributed by atoms with Gasteiger partial charge in [0.15, 0.2) is 0 Å². The van der Waals surface area contributed by atoms with E-state index in [1.54, 1.807) is 6.92 Å². The van der Waals surface area contributed by atoms with Crippen LogP contribution in [0.4, 0.5) is 0 Å². The van der Waals surface area contributed by atoms with Crippen molar-refractivity contribution in [1.29, 1.82) is 0 Å². The highest BCUT2D eigenvalue weighted by Crippen LogP contribution is 2.40. The number of amides is 2. The average molecular weight is 322 g/mol. The quantitative estimate of drug-likeness (QED) is 0.863. The maximum atomic E-state index is 12.5. The predicted molar refractivity (Wildman–Crippen MR) is 92.9 cm³/mol. The molecule has 0 spiro atoms. The van der Waals surface area contributed by atoms with Gasteiger partial charge in [-0.05, 0) is 49.9 Å². The summed E-state index contributed by atoms with van der Waals surface area (Å²) in [5.74, 6) is 1.22. The third-order valence-electron chi connectivity index (χ3n) is 6.40. The van der Waals surface area contributed by atoms with E-state index in [0.29, 0.717) is 11.5 Å². The molecule has 0 radical (unpaired) electrons. The number of piperidine rings is 1. The van der Waals surface area contributed by atoms with Crippen LogP contribution in [-0.4, -0.2) is 35.8 Å². The summed E-state index contributed by atoms with van der Waals surface area (Å²) in [7, 11) is 0. The van der Waals surface area contributed by atoms with Gasteiger partial charge >= 0.3 is 0 Å². The van der Waals surface area contributed by atoms with E-state index in [1.165, 1.54) is 19.3 Å². The minimum atomic E-state index is 0.0930. The molecule has 1 N–H and O–H groups in total. The number of carbonyl (C=O) groups is 2. The minimum absolute atomic E-state index is 0.0930. The molecule has 1 saturated carbocycles. The van der Waals surface area contributed by atoms with E-state index in [1.807, 2.05) is 4.90 Å². The highest BCUT2D eigenvalue weighted by atomic mass is 16.2. The molecule has 2 fully saturated rings. The number of nitrogens with one attached hydrogen (secondary N) is 1. The molecule has 1 heterocycles. The molecule has 1 aliphatic carbocycles. The van der Waals surface area contributed by atoms with Gasteiger partial charge in [-0.2, -0.15) is 0 Å². The van der Waals surface area contributed by atoms with Crippen LogP contribution in [0.5, 0.6) is 0 Å². The first-order valence-corrected chi connectivity index (χ1v) is 9.39. The predicted octanol–water partition coefficient (Wildman–Crippen LogP) is 3.36. The Kier molecular flexibility index (Phi) is 6.10. The molecule has 0 aromatic heterocycles. The lowest BCUT2D eigenvalue weighted by atomic mass is 9.69. The molecule has 1 aliphatic heterocycles. The van der Waals surface area contributed by atoms with Crippen molar-refractivity contribution in [3.05, 3.63) is 0 Å². The second kappa shape index (κ2) is 7.67. The Morgan fingerprint density at radius 1 is 1.04 bits per heavy atom. The molecule has 0 aromatic rings. The smallest absolute Gasteiger partial charge is 0.223 e. The van der Waals surface area contributed by atoms with Crippen molar-refractivity contribution >= 4 is 11.8 Å². The topological polar surface area (TPSA) is 49.4 Å². The number of likely N-dealkylation sites (tertiary alicyclic amines) is 1. The van der Waals surface area contributed by atoms with Crippen LogP contribution in [0.25, 0.3) is 0 Å². The van der Waals surface area contributed by atoms with Crippen molar-refractivity contribution in [2.24, 2.45) is 17.3 Å². The third kappa shape index (κ3) is 4.71. The van der Waals surface area contributed by atoms with Crippen molar-refractivity contribution in [1.82, 2.24) is 10.2 Å². The SMILES string of the molecule is CCC(C)(C)C1CCC(NC(=O)C2CCN(C(C)=O)CC2)CC1. The van der Waals surface area contributed by atoms with Gasteiger partial charge in [0.2, 0.25) is 11.8 Å². The average Bonchev–Trinajstić information content (AvgIpc) is 2.55. The highest BCUT2D eigenvalue weighted by Gasteiger charge is 2.33. The molecule has 23 heavy (non-hydrogen) atoms. The summed E-state index contributed by atoms with van der Waals surface area (Å²) >= 11 is 0. The molecule has 4 nitrogen and oxygen atoms in total. The van der Waals surface area contributed by atoms with Crippen LogP contribution in [0.15, 0.2) is 0 Å². The zero-order valence-electron chi connectivity index (χ0n) is 15.4. The summed E-state index contributed by atoms with van der Waals surface area (Å²) in [6.45, 7) is 10.1. The standard InChI is InChI=1S/C19H34N2O2/c1-5-19(3,4)16-6-8-17(9-7-16)20-18(23)15-10-12-21(13-11-15)14(2)22/h15-17H,5-13H2,1-4H3,(H,20,23). The fourth-order valence-electron chi connectivity index (χ4n) is 4.08. The molecule has 2 aliphatic rings. The zero-order chi connectivity index (χ0) is 17.0. The van der Waals surface area contributed by atoms with Crippen molar-refractivity contribution in [2.45, 2.75) is 78.7 Å². The summed E-state index contributed by atoms with van der Waals surface area (Å²) in [5.41, 5.74) is 0.425. The van der Waals surface area contributed by atoms with Gasteiger partial charge < -0.3 is 10.2 Å². The third-order valence-corrected chi connectivity index (χ3v) is 6.40. The van der Waals surface area contributed by atoms with E-state index >= 15 is 0 Å². The van der Waals surface area contributed by atoms with E-state index in [4.69, 9.17) is 0 Å². The number of rotatable bonds is 4. The fraction of sp³-hybridized carbons (Fsp3) is 0.895. The molecule has 1 saturated heterocycles. The monoisotopic (exact) mass is 322 g/mol. The number of hydrogen-bond acceptors (Lipinski definition) is 2. The molecule has 2 amide bonds. The summed E-state index contributed by atoms with van der Waals surface area (Å²) in [4.78, 5) is 25.7. The summed E-state index contributed by atoms with van der Waals surface area (Å²) in [5, 5.41) is 3.28. The van der Waals surface area contributed by atoms with E-state index in [9.17, 15) is 9.59 Å². The van der Waals surface area contributed by atoms with Crippen LogP contribution >= 0.6 is 0 Å². The van der Waals surface area contributed by atoms with Gasteiger partial charge in [-0.1, -0.05) is 27.2 Å². The van der Waals surface area contributed by atoms with E-state index in [0.717, 1.165) is 44.7 Å². The fourth-order valence-corrected chi connectivity index (χ4v) is 4.08. The first-order valence-electron chi connectivity index (χ1n) is 9.39. The summed E-state index contributed by atoms with van der Waals surface area (Å²) in [6.07, 6.45) is 7.54. The van der Waals surface area contributed by atoms with Crippen LogP contribution in [0, 0.1) is 17.3 Å². The maximum absolute atomic E-state index is 12.5. The maximum Gasteiger partial charge on any atom is 0.223 e. The van der Waals surface area contributed by atoms with Gasteiger partial charge in [0.1, 0.15) is 0 Å². The Balaban J connectivity index is 1.74. The van der Waals surface area contributed by atoms with Crippen LogP contribution < -0.4 is 5.32 Å². The molecule has 132 valence electrons. The summed E-state index contributed by atoms with van der Waals surface area (Å²) < 4.78 is 0. The van der Waals surface area contributed by atoms with Crippen molar-refractivity contribution in [3.63, 3.8) is 0 Å². The van der Waals surface area contributed by atoms with Crippen LogP contribution in [0.3, 0.4) is 0 Å². The molecular formula is C19H34N2O2. The van der Waals surface area contributed by atoms with Gasteiger partial charge in [-0.25, -0.2) is 0 Å². The molecule has 0 bridgehead atoms. The Labute approximate surface area is 141 Å². The normalized spacial score (nSPS) is 26.9. The molecular weight excluding hydrogens is 288 g/mol.